The first kappa shape index (κ1) is 11.9. The normalized spacial score (nSPS) is 10.8. The Labute approximate surface area is 116 Å². The number of benzene rings is 1. The molecule has 3 aromatic rings. The second-order valence-corrected chi connectivity index (χ2v) is 4.86. The molecule has 0 bridgehead atoms. The summed E-state index contributed by atoms with van der Waals surface area (Å²) in [7, 11) is 0. The van der Waals surface area contributed by atoms with Gasteiger partial charge in [-0.3, -0.25) is 0 Å². The molecule has 0 unspecified atom stereocenters. The molecule has 0 amide bonds. The van der Waals surface area contributed by atoms with Crippen LogP contribution in [0.2, 0.25) is 0 Å². The lowest BCUT2D eigenvalue weighted by molar-refractivity contribution is 0.448. The zero-order valence-electron chi connectivity index (χ0n) is 9.92. The molecule has 0 aliphatic carbocycles. The molecule has 0 radical (unpaired) electrons. The summed E-state index contributed by atoms with van der Waals surface area (Å²) in [4.78, 5) is 11.4. The summed E-state index contributed by atoms with van der Waals surface area (Å²) in [6.07, 6.45) is 0. The monoisotopic (exact) mass is 320 g/mol. The SMILES string of the molecule is Cc1ccc(Oc2ccc3n[nH]c(=O)n3n2)c(Br)c1. The van der Waals surface area contributed by atoms with E-state index in [1.807, 2.05) is 25.1 Å². The first-order valence-corrected chi connectivity index (χ1v) is 6.31. The maximum Gasteiger partial charge on any atom is 0.364 e. The standard InChI is InChI=1S/C12H9BrN4O2/c1-7-2-3-9(8(13)6-7)19-11-5-4-10-14-15-12(18)17(10)16-11/h2-6H,1H3,(H,15,18). The number of aromatic amines is 1. The van der Waals surface area contributed by atoms with E-state index in [1.54, 1.807) is 12.1 Å². The van der Waals surface area contributed by atoms with Gasteiger partial charge in [-0.2, -0.15) is 9.61 Å². The van der Waals surface area contributed by atoms with Crippen molar-refractivity contribution in [1.82, 2.24) is 19.8 Å². The Hall–Kier alpha value is -2.15. The largest absolute Gasteiger partial charge is 0.436 e. The van der Waals surface area contributed by atoms with E-state index >= 15 is 0 Å². The minimum Gasteiger partial charge on any atom is -0.436 e. The van der Waals surface area contributed by atoms with Gasteiger partial charge in [0.05, 0.1) is 4.47 Å². The summed E-state index contributed by atoms with van der Waals surface area (Å²) >= 11 is 3.42. The molecule has 1 aromatic carbocycles. The zero-order chi connectivity index (χ0) is 13.4. The van der Waals surface area contributed by atoms with Crippen LogP contribution in [-0.2, 0) is 0 Å². The van der Waals surface area contributed by atoms with Crippen molar-refractivity contribution in [3.8, 4) is 11.6 Å². The number of aryl methyl sites for hydroxylation is 1. The molecule has 6 nitrogen and oxygen atoms in total. The number of H-pyrrole nitrogens is 1. The number of hydrogen-bond donors (Lipinski definition) is 1. The fraction of sp³-hybridized carbons (Fsp3) is 0.0833. The number of nitrogens with one attached hydrogen (secondary N) is 1. The Morgan fingerprint density at radius 2 is 2.16 bits per heavy atom. The van der Waals surface area contributed by atoms with Crippen LogP contribution >= 0.6 is 15.9 Å². The minimum atomic E-state index is -0.400. The van der Waals surface area contributed by atoms with Crippen LogP contribution in [-0.4, -0.2) is 19.8 Å². The van der Waals surface area contributed by atoms with E-state index in [2.05, 4.69) is 31.2 Å². The molecule has 0 spiro atoms. The molecule has 0 aliphatic heterocycles. The molecule has 2 aromatic heterocycles. The quantitative estimate of drug-likeness (QED) is 0.786. The maximum absolute atomic E-state index is 11.4. The van der Waals surface area contributed by atoms with E-state index in [0.29, 0.717) is 17.3 Å². The van der Waals surface area contributed by atoms with Crippen LogP contribution in [0.25, 0.3) is 5.65 Å². The predicted octanol–water partition coefficient (Wildman–Crippen LogP) is 2.28. The smallest absolute Gasteiger partial charge is 0.364 e. The van der Waals surface area contributed by atoms with Gasteiger partial charge in [0.1, 0.15) is 5.75 Å². The van der Waals surface area contributed by atoms with E-state index in [1.165, 1.54) is 0 Å². The van der Waals surface area contributed by atoms with Crippen LogP contribution in [0.3, 0.4) is 0 Å². The molecule has 96 valence electrons. The molecular weight excluding hydrogens is 312 g/mol. The molecule has 0 fully saturated rings. The van der Waals surface area contributed by atoms with Gasteiger partial charge in [-0.25, -0.2) is 9.89 Å². The third-order valence-corrected chi connectivity index (χ3v) is 3.17. The third-order valence-electron chi connectivity index (χ3n) is 2.55. The number of aromatic nitrogens is 4. The van der Waals surface area contributed by atoms with Crippen LogP contribution in [0.1, 0.15) is 5.56 Å². The van der Waals surface area contributed by atoms with Crippen LogP contribution in [0.5, 0.6) is 11.6 Å². The van der Waals surface area contributed by atoms with Gasteiger partial charge in [0.15, 0.2) is 5.65 Å². The Morgan fingerprint density at radius 1 is 1.32 bits per heavy atom. The second kappa shape index (κ2) is 4.51. The van der Waals surface area contributed by atoms with Gasteiger partial charge in [0.2, 0.25) is 5.88 Å². The van der Waals surface area contributed by atoms with Crippen molar-refractivity contribution in [3.63, 3.8) is 0 Å². The number of fused-ring (bicyclic) bond motifs is 1. The summed E-state index contributed by atoms with van der Waals surface area (Å²) in [5.41, 5.74) is 1.16. The average Bonchev–Trinajstić information content (AvgIpc) is 2.75. The van der Waals surface area contributed by atoms with E-state index in [-0.39, 0.29) is 0 Å². The third kappa shape index (κ3) is 2.24. The summed E-state index contributed by atoms with van der Waals surface area (Å²) in [5, 5.41) is 10.2. The highest BCUT2D eigenvalue weighted by Crippen LogP contribution is 2.29. The molecule has 1 N–H and O–H groups in total. The minimum absolute atomic E-state index is 0.320. The lowest BCUT2D eigenvalue weighted by Crippen LogP contribution is -2.12. The van der Waals surface area contributed by atoms with Gasteiger partial charge in [0, 0.05) is 6.07 Å². The number of halogens is 1. The van der Waals surface area contributed by atoms with E-state index in [9.17, 15) is 4.79 Å². The molecule has 19 heavy (non-hydrogen) atoms. The molecule has 2 heterocycles. The Bertz CT molecular complexity index is 809. The molecule has 0 aliphatic rings. The highest BCUT2D eigenvalue weighted by Gasteiger charge is 2.07. The maximum atomic E-state index is 11.4. The van der Waals surface area contributed by atoms with Crippen molar-refractivity contribution in [1.29, 1.82) is 0 Å². The van der Waals surface area contributed by atoms with Gasteiger partial charge >= 0.3 is 5.69 Å². The average molecular weight is 321 g/mol. The van der Waals surface area contributed by atoms with Crippen molar-refractivity contribution in [2.24, 2.45) is 0 Å². The summed E-state index contributed by atoms with van der Waals surface area (Å²) in [6.45, 7) is 1.99. The second-order valence-electron chi connectivity index (χ2n) is 4.01. The summed E-state index contributed by atoms with van der Waals surface area (Å²) in [6, 6.07) is 9.02. The number of rotatable bonds is 2. The molecular formula is C12H9BrN4O2. The van der Waals surface area contributed by atoms with Crippen molar-refractivity contribution >= 4 is 21.6 Å². The highest BCUT2D eigenvalue weighted by atomic mass is 79.9. The molecule has 3 rings (SSSR count). The highest BCUT2D eigenvalue weighted by molar-refractivity contribution is 9.10. The molecule has 0 atom stereocenters. The van der Waals surface area contributed by atoms with Crippen molar-refractivity contribution in [2.45, 2.75) is 6.92 Å². The number of nitrogens with zero attached hydrogens (tertiary/aromatic N) is 3. The fourth-order valence-corrected chi connectivity index (χ4v) is 2.22. The van der Waals surface area contributed by atoms with Crippen LogP contribution < -0.4 is 10.4 Å². The van der Waals surface area contributed by atoms with Crippen LogP contribution in [0.15, 0.2) is 39.6 Å². The lowest BCUT2D eigenvalue weighted by atomic mass is 10.2. The Kier molecular flexibility index (Phi) is 2.83. The topological polar surface area (TPSA) is 72.3 Å². The molecule has 0 saturated carbocycles. The Balaban J connectivity index is 2.00. The summed E-state index contributed by atoms with van der Waals surface area (Å²) in [5.74, 6) is 0.953. The van der Waals surface area contributed by atoms with Gasteiger partial charge in [-0.1, -0.05) is 6.07 Å². The lowest BCUT2D eigenvalue weighted by Gasteiger charge is -2.07. The summed E-state index contributed by atoms with van der Waals surface area (Å²) < 4.78 is 7.62. The van der Waals surface area contributed by atoms with Gasteiger partial charge < -0.3 is 4.74 Å². The zero-order valence-corrected chi connectivity index (χ0v) is 11.5. The van der Waals surface area contributed by atoms with Gasteiger partial charge in [0.25, 0.3) is 0 Å². The molecule has 0 saturated heterocycles. The van der Waals surface area contributed by atoms with Crippen LogP contribution in [0.4, 0.5) is 0 Å². The van der Waals surface area contributed by atoms with Gasteiger partial charge in [-0.15, -0.1) is 5.10 Å². The van der Waals surface area contributed by atoms with Crippen molar-refractivity contribution < 1.29 is 4.74 Å². The van der Waals surface area contributed by atoms with E-state index in [4.69, 9.17) is 4.74 Å². The fourth-order valence-electron chi connectivity index (χ4n) is 1.64. The predicted molar refractivity (Wildman–Crippen MR) is 72.6 cm³/mol. The van der Waals surface area contributed by atoms with Crippen molar-refractivity contribution in [2.75, 3.05) is 0 Å². The van der Waals surface area contributed by atoms with E-state index < -0.39 is 5.69 Å². The Morgan fingerprint density at radius 3 is 2.95 bits per heavy atom. The number of ether oxygens (including phenoxy) is 1. The number of hydrogen-bond acceptors (Lipinski definition) is 4. The van der Waals surface area contributed by atoms with Crippen molar-refractivity contribution in [3.05, 3.63) is 50.9 Å². The van der Waals surface area contributed by atoms with E-state index in [0.717, 1.165) is 14.6 Å². The first-order chi connectivity index (χ1) is 9.13. The van der Waals surface area contributed by atoms with Gasteiger partial charge in [-0.05, 0) is 46.6 Å². The molecule has 7 heteroatoms. The van der Waals surface area contributed by atoms with Crippen LogP contribution in [0, 0.1) is 6.92 Å². The first-order valence-electron chi connectivity index (χ1n) is 5.52.